The van der Waals surface area contributed by atoms with Crippen LogP contribution in [0.2, 0.25) is 0 Å². The number of para-hydroxylation sites is 2. The van der Waals surface area contributed by atoms with Crippen LogP contribution in [0, 0.1) is 0 Å². The van der Waals surface area contributed by atoms with Gasteiger partial charge in [0.15, 0.2) is 0 Å². The molecule has 0 aliphatic heterocycles. The Balaban J connectivity index is 1.54. The molecular formula is C26H17N3O. The van der Waals surface area contributed by atoms with E-state index in [-0.39, 0.29) is 0 Å². The zero-order chi connectivity index (χ0) is 19.9. The largest absolute Gasteiger partial charge is 0.342 e. The van der Waals surface area contributed by atoms with Crippen molar-refractivity contribution in [3.63, 3.8) is 0 Å². The number of rotatable bonds is 3. The molecule has 6 aromatic rings. The Hall–Kier alpha value is -4.18. The summed E-state index contributed by atoms with van der Waals surface area (Å²) in [5.41, 5.74) is 6.73. The SMILES string of the molecule is c1cc(-c2cccc(-n3c4ccccc4c4ccccc43)c2)cc(-c2ncon2)c1. The lowest BCUT2D eigenvalue weighted by atomic mass is 10.0. The van der Waals surface area contributed by atoms with Crippen LogP contribution in [-0.2, 0) is 0 Å². The van der Waals surface area contributed by atoms with E-state index in [4.69, 9.17) is 4.52 Å². The highest BCUT2D eigenvalue weighted by Gasteiger charge is 2.12. The summed E-state index contributed by atoms with van der Waals surface area (Å²) >= 11 is 0. The summed E-state index contributed by atoms with van der Waals surface area (Å²) in [5.74, 6) is 0.593. The molecule has 2 heterocycles. The van der Waals surface area contributed by atoms with Gasteiger partial charge in [-0.05, 0) is 41.5 Å². The lowest BCUT2D eigenvalue weighted by molar-refractivity contribution is 0.419. The fourth-order valence-electron chi connectivity index (χ4n) is 4.16. The van der Waals surface area contributed by atoms with Crippen LogP contribution in [0.1, 0.15) is 0 Å². The molecule has 6 rings (SSSR count). The van der Waals surface area contributed by atoms with Crippen LogP contribution in [0.25, 0.3) is 50.0 Å². The van der Waals surface area contributed by atoms with E-state index in [1.165, 1.54) is 28.2 Å². The smallest absolute Gasteiger partial charge is 0.214 e. The minimum atomic E-state index is 0.593. The Labute approximate surface area is 173 Å². The lowest BCUT2D eigenvalue weighted by Crippen LogP contribution is -1.94. The quantitative estimate of drug-likeness (QED) is 0.348. The van der Waals surface area contributed by atoms with Gasteiger partial charge in [0.05, 0.1) is 11.0 Å². The lowest BCUT2D eigenvalue weighted by Gasteiger charge is -2.10. The standard InChI is InChI=1S/C26H17N3O/c1-3-13-24-22(11-1)23-12-2-4-14-25(23)29(24)21-10-6-8-19(16-21)18-7-5-9-20(15-18)26-27-17-30-28-26/h1-17H. The van der Waals surface area contributed by atoms with E-state index in [9.17, 15) is 0 Å². The van der Waals surface area contributed by atoms with E-state index in [0.717, 1.165) is 22.4 Å². The molecule has 0 bridgehead atoms. The minimum absolute atomic E-state index is 0.593. The average Bonchev–Trinajstić information content (AvgIpc) is 3.46. The second kappa shape index (κ2) is 6.71. The van der Waals surface area contributed by atoms with Crippen molar-refractivity contribution in [1.29, 1.82) is 0 Å². The van der Waals surface area contributed by atoms with Crippen molar-refractivity contribution in [1.82, 2.24) is 14.7 Å². The molecule has 0 aliphatic rings. The number of hydrogen-bond acceptors (Lipinski definition) is 3. The first-order valence-corrected chi connectivity index (χ1v) is 9.84. The van der Waals surface area contributed by atoms with E-state index in [1.807, 2.05) is 12.1 Å². The van der Waals surface area contributed by atoms with E-state index in [1.54, 1.807) is 0 Å². The van der Waals surface area contributed by atoms with Crippen LogP contribution in [0.5, 0.6) is 0 Å². The molecule has 0 saturated heterocycles. The van der Waals surface area contributed by atoms with Crippen molar-refractivity contribution in [2.24, 2.45) is 0 Å². The Kier molecular flexibility index (Phi) is 3.74. The molecule has 2 aromatic heterocycles. The number of benzene rings is 4. The Morgan fingerprint density at radius 1 is 0.600 bits per heavy atom. The number of hydrogen-bond donors (Lipinski definition) is 0. The van der Waals surface area contributed by atoms with Crippen molar-refractivity contribution in [3.8, 4) is 28.2 Å². The molecule has 0 spiro atoms. The molecule has 0 unspecified atom stereocenters. The predicted molar refractivity (Wildman–Crippen MR) is 120 cm³/mol. The first-order chi connectivity index (χ1) is 14.9. The van der Waals surface area contributed by atoms with Gasteiger partial charge in [0.2, 0.25) is 12.2 Å². The molecule has 4 heteroatoms. The molecule has 0 aliphatic carbocycles. The van der Waals surface area contributed by atoms with Crippen LogP contribution in [0.15, 0.2) is 108 Å². The second-order valence-electron chi connectivity index (χ2n) is 7.26. The first kappa shape index (κ1) is 16.7. The number of fused-ring (bicyclic) bond motifs is 3. The summed E-state index contributed by atoms with van der Waals surface area (Å²) in [5, 5.41) is 6.48. The summed E-state index contributed by atoms with van der Waals surface area (Å²) < 4.78 is 7.23. The number of nitrogens with zero attached hydrogens (tertiary/aromatic N) is 3. The van der Waals surface area contributed by atoms with Gasteiger partial charge in [0.25, 0.3) is 0 Å². The summed E-state index contributed by atoms with van der Waals surface area (Å²) in [6.07, 6.45) is 1.35. The molecule has 4 aromatic carbocycles. The predicted octanol–water partition coefficient (Wildman–Crippen LogP) is 6.50. The van der Waals surface area contributed by atoms with Gasteiger partial charge in [0.1, 0.15) is 0 Å². The highest BCUT2D eigenvalue weighted by atomic mass is 16.5. The van der Waals surface area contributed by atoms with Gasteiger partial charge in [-0.2, -0.15) is 4.98 Å². The Bertz CT molecular complexity index is 1440. The molecule has 0 N–H and O–H groups in total. The molecule has 0 saturated carbocycles. The van der Waals surface area contributed by atoms with Crippen molar-refractivity contribution >= 4 is 21.8 Å². The molecule has 0 amide bonds. The highest BCUT2D eigenvalue weighted by molar-refractivity contribution is 6.09. The first-order valence-electron chi connectivity index (χ1n) is 9.84. The normalized spacial score (nSPS) is 11.3. The van der Waals surface area contributed by atoms with Gasteiger partial charge in [-0.3, -0.25) is 0 Å². The number of aromatic nitrogens is 3. The molecule has 4 nitrogen and oxygen atoms in total. The summed E-state index contributed by atoms with van der Waals surface area (Å²) in [7, 11) is 0. The Morgan fingerprint density at radius 2 is 1.23 bits per heavy atom. The van der Waals surface area contributed by atoms with E-state index < -0.39 is 0 Å². The van der Waals surface area contributed by atoms with Gasteiger partial charge in [-0.25, -0.2) is 0 Å². The van der Waals surface area contributed by atoms with Gasteiger partial charge in [-0.1, -0.05) is 71.9 Å². The summed E-state index contributed by atoms with van der Waals surface area (Å²) in [6, 6.07) is 34.0. The van der Waals surface area contributed by atoms with Crippen molar-refractivity contribution in [3.05, 3.63) is 103 Å². The third-order valence-corrected chi connectivity index (χ3v) is 5.50. The zero-order valence-electron chi connectivity index (χ0n) is 16.1. The van der Waals surface area contributed by atoms with Crippen LogP contribution >= 0.6 is 0 Å². The molecule has 0 atom stereocenters. The fraction of sp³-hybridized carbons (Fsp3) is 0. The van der Waals surface area contributed by atoms with Crippen LogP contribution in [-0.4, -0.2) is 14.7 Å². The third-order valence-electron chi connectivity index (χ3n) is 5.50. The topological polar surface area (TPSA) is 43.9 Å². The molecule has 30 heavy (non-hydrogen) atoms. The fourth-order valence-corrected chi connectivity index (χ4v) is 4.16. The monoisotopic (exact) mass is 387 g/mol. The highest BCUT2D eigenvalue weighted by Crippen LogP contribution is 2.33. The van der Waals surface area contributed by atoms with Crippen LogP contribution in [0.3, 0.4) is 0 Å². The van der Waals surface area contributed by atoms with Crippen LogP contribution in [0.4, 0.5) is 0 Å². The van der Waals surface area contributed by atoms with Crippen molar-refractivity contribution in [2.45, 2.75) is 0 Å². The van der Waals surface area contributed by atoms with E-state index in [2.05, 4.69) is 99.6 Å². The molecular weight excluding hydrogens is 370 g/mol. The van der Waals surface area contributed by atoms with E-state index in [0.29, 0.717) is 5.82 Å². The maximum atomic E-state index is 4.90. The molecule has 142 valence electrons. The van der Waals surface area contributed by atoms with Gasteiger partial charge in [-0.15, -0.1) is 0 Å². The van der Waals surface area contributed by atoms with Gasteiger partial charge in [0, 0.05) is 22.0 Å². The van der Waals surface area contributed by atoms with E-state index >= 15 is 0 Å². The summed E-state index contributed by atoms with van der Waals surface area (Å²) in [4.78, 5) is 4.17. The summed E-state index contributed by atoms with van der Waals surface area (Å²) in [6.45, 7) is 0. The Morgan fingerprint density at radius 3 is 1.93 bits per heavy atom. The van der Waals surface area contributed by atoms with Crippen LogP contribution < -0.4 is 0 Å². The zero-order valence-corrected chi connectivity index (χ0v) is 16.1. The maximum Gasteiger partial charge on any atom is 0.214 e. The van der Waals surface area contributed by atoms with Crippen molar-refractivity contribution in [2.75, 3.05) is 0 Å². The van der Waals surface area contributed by atoms with Gasteiger partial charge >= 0.3 is 0 Å². The molecule has 0 radical (unpaired) electrons. The average molecular weight is 387 g/mol. The maximum absolute atomic E-state index is 4.90. The third kappa shape index (κ3) is 2.62. The second-order valence-corrected chi connectivity index (χ2v) is 7.26. The van der Waals surface area contributed by atoms with Gasteiger partial charge < -0.3 is 9.09 Å². The minimum Gasteiger partial charge on any atom is -0.342 e. The van der Waals surface area contributed by atoms with Crippen molar-refractivity contribution < 1.29 is 4.52 Å². The molecule has 0 fully saturated rings.